The number of aromatic amines is 1. The van der Waals surface area contributed by atoms with E-state index in [0.29, 0.717) is 0 Å². The van der Waals surface area contributed by atoms with Gasteiger partial charge in [-0.15, -0.1) is 0 Å². The number of pyridine rings is 1. The van der Waals surface area contributed by atoms with Crippen molar-refractivity contribution in [3.8, 4) is 11.1 Å². The highest BCUT2D eigenvalue weighted by molar-refractivity contribution is 5.98. The standard InChI is InChI=1S/C18H14N2/c1-12-9-14(10-13-5-7-19-11-17(12)13)15-3-2-4-18-16(15)6-8-20-18/h2-11,20H,1H3. The van der Waals surface area contributed by atoms with Crippen LogP contribution < -0.4 is 0 Å². The van der Waals surface area contributed by atoms with Crippen LogP contribution in [0.5, 0.6) is 0 Å². The van der Waals surface area contributed by atoms with Gasteiger partial charge < -0.3 is 4.98 Å². The predicted molar refractivity (Wildman–Crippen MR) is 83.8 cm³/mol. The van der Waals surface area contributed by atoms with Crippen molar-refractivity contribution in [1.29, 1.82) is 0 Å². The van der Waals surface area contributed by atoms with Gasteiger partial charge in [-0.25, -0.2) is 0 Å². The van der Waals surface area contributed by atoms with Gasteiger partial charge >= 0.3 is 0 Å². The van der Waals surface area contributed by atoms with Crippen LogP contribution in [0.2, 0.25) is 0 Å². The first kappa shape index (κ1) is 11.2. The molecule has 20 heavy (non-hydrogen) atoms. The van der Waals surface area contributed by atoms with Crippen LogP contribution in [0.3, 0.4) is 0 Å². The molecule has 4 aromatic rings. The summed E-state index contributed by atoms with van der Waals surface area (Å²) in [6.45, 7) is 2.14. The highest BCUT2D eigenvalue weighted by Gasteiger charge is 2.07. The molecule has 1 N–H and O–H groups in total. The van der Waals surface area contributed by atoms with Gasteiger partial charge in [0.2, 0.25) is 0 Å². The first-order valence-electron chi connectivity index (χ1n) is 6.74. The topological polar surface area (TPSA) is 28.7 Å². The van der Waals surface area contributed by atoms with Gasteiger partial charge in [-0.2, -0.15) is 0 Å². The molecule has 0 spiro atoms. The number of nitrogens with zero attached hydrogens (tertiary/aromatic N) is 1. The summed E-state index contributed by atoms with van der Waals surface area (Å²) in [5.74, 6) is 0. The number of aromatic nitrogens is 2. The van der Waals surface area contributed by atoms with E-state index in [0.717, 1.165) is 0 Å². The number of aryl methyl sites for hydroxylation is 1. The second-order valence-corrected chi connectivity index (χ2v) is 5.13. The molecular weight excluding hydrogens is 244 g/mol. The highest BCUT2D eigenvalue weighted by atomic mass is 14.7. The summed E-state index contributed by atoms with van der Waals surface area (Å²) < 4.78 is 0. The van der Waals surface area contributed by atoms with E-state index in [-0.39, 0.29) is 0 Å². The van der Waals surface area contributed by atoms with E-state index in [9.17, 15) is 0 Å². The fourth-order valence-electron chi connectivity index (χ4n) is 2.87. The molecule has 0 atom stereocenters. The lowest BCUT2D eigenvalue weighted by molar-refractivity contribution is 1.35. The molecule has 0 saturated carbocycles. The van der Waals surface area contributed by atoms with Crippen LogP contribution in [0.25, 0.3) is 32.8 Å². The second kappa shape index (κ2) is 4.20. The molecule has 0 saturated heterocycles. The van der Waals surface area contributed by atoms with E-state index in [1.165, 1.54) is 38.4 Å². The molecule has 0 aliphatic rings. The number of hydrogen-bond donors (Lipinski definition) is 1. The minimum Gasteiger partial charge on any atom is -0.361 e. The maximum atomic E-state index is 4.21. The maximum absolute atomic E-state index is 4.21. The molecule has 4 rings (SSSR count). The molecule has 2 nitrogen and oxygen atoms in total. The van der Waals surface area contributed by atoms with Crippen molar-refractivity contribution in [2.75, 3.05) is 0 Å². The summed E-state index contributed by atoms with van der Waals surface area (Å²) in [5.41, 5.74) is 4.96. The van der Waals surface area contributed by atoms with Gasteiger partial charge in [0, 0.05) is 34.9 Å². The lowest BCUT2D eigenvalue weighted by atomic mass is 9.96. The normalized spacial score (nSPS) is 11.2. The monoisotopic (exact) mass is 258 g/mol. The molecule has 2 heterocycles. The summed E-state index contributed by atoms with van der Waals surface area (Å²) >= 11 is 0. The van der Waals surface area contributed by atoms with Gasteiger partial charge in [-0.3, -0.25) is 4.98 Å². The Bertz CT molecular complexity index is 919. The lowest BCUT2D eigenvalue weighted by Crippen LogP contribution is -1.85. The smallest absolute Gasteiger partial charge is 0.0460 e. The third-order valence-electron chi connectivity index (χ3n) is 3.87. The number of nitrogens with one attached hydrogen (secondary N) is 1. The maximum Gasteiger partial charge on any atom is 0.0460 e. The molecule has 0 amide bonds. The van der Waals surface area contributed by atoms with Gasteiger partial charge in [0.15, 0.2) is 0 Å². The van der Waals surface area contributed by atoms with E-state index < -0.39 is 0 Å². The molecular formula is C18H14N2. The number of fused-ring (bicyclic) bond motifs is 2. The van der Waals surface area contributed by atoms with Crippen LogP contribution in [0.1, 0.15) is 5.56 Å². The van der Waals surface area contributed by atoms with Crippen LogP contribution in [-0.2, 0) is 0 Å². The molecule has 0 radical (unpaired) electrons. The molecule has 0 unspecified atom stereocenters. The second-order valence-electron chi connectivity index (χ2n) is 5.13. The Kier molecular flexibility index (Phi) is 2.36. The molecule has 0 aliphatic carbocycles. The van der Waals surface area contributed by atoms with E-state index in [4.69, 9.17) is 0 Å². The Morgan fingerprint density at radius 3 is 2.90 bits per heavy atom. The van der Waals surface area contributed by atoms with E-state index in [2.05, 4.69) is 59.4 Å². The van der Waals surface area contributed by atoms with Crippen molar-refractivity contribution in [2.45, 2.75) is 6.92 Å². The van der Waals surface area contributed by atoms with E-state index in [1.54, 1.807) is 0 Å². The molecule has 0 bridgehead atoms. The fourth-order valence-corrected chi connectivity index (χ4v) is 2.87. The van der Waals surface area contributed by atoms with Crippen molar-refractivity contribution in [3.05, 3.63) is 66.6 Å². The zero-order valence-electron chi connectivity index (χ0n) is 11.2. The Balaban J connectivity index is 2.05. The Morgan fingerprint density at radius 2 is 1.95 bits per heavy atom. The van der Waals surface area contributed by atoms with Crippen molar-refractivity contribution >= 4 is 21.7 Å². The Labute approximate surface area is 117 Å². The fraction of sp³-hybridized carbons (Fsp3) is 0.0556. The first-order chi connectivity index (χ1) is 9.83. The van der Waals surface area contributed by atoms with Crippen molar-refractivity contribution in [2.24, 2.45) is 0 Å². The molecule has 0 aliphatic heterocycles. The number of rotatable bonds is 1. The summed E-state index contributed by atoms with van der Waals surface area (Å²) in [6.07, 6.45) is 5.78. The summed E-state index contributed by atoms with van der Waals surface area (Å²) in [6, 6.07) is 15.1. The summed E-state index contributed by atoms with van der Waals surface area (Å²) in [5, 5.41) is 3.72. The zero-order chi connectivity index (χ0) is 13.5. The minimum absolute atomic E-state index is 1.18. The quantitative estimate of drug-likeness (QED) is 0.527. The highest BCUT2D eigenvalue weighted by Crippen LogP contribution is 2.31. The molecule has 0 fully saturated rings. The summed E-state index contributed by atoms with van der Waals surface area (Å²) in [4.78, 5) is 7.48. The van der Waals surface area contributed by atoms with E-state index in [1.807, 2.05) is 18.6 Å². The molecule has 2 aromatic carbocycles. The van der Waals surface area contributed by atoms with Crippen LogP contribution >= 0.6 is 0 Å². The molecule has 2 heteroatoms. The van der Waals surface area contributed by atoms with Gasteiger partial charge in [0.05, 0.1) is 0 Å². The van der Waals surface area contributed by atoms with Gasteiger partial charge in [-0.1, -0.05) is 18.2 Å². The van der Waals surface area contributed by atoms with Gasteiger partial charge in [-0.05, 0) is 53.3 Å². The Morgan fingerprint density at radius 1 is 1.00 bits per heavy atom. The lowest BCUT2D eigenvalue weighted by Gasteiger charge is -2.08. The number of H-pyrrole nitrogens is 1. The van der Waals surface area contributed by atoms with Gasteiger partial charge in [0.25, 0.3) is 0 Å². The SMILES string of the molecule is Cc1cc(-c2cccc3[nH]ccc23)cc2ccncc12. The third-order valence-corrected chi connectivity index (χ3v) is 3.87. The number of hydrogen-bond acceptors (Lipinski definition) is 1. The van der Waals surface area contributed by atoms with Crippen molar-refractivity contribution in [1.82, 2.24) is 9.97 Å². The average Bonchev–Trinajstić information content (AvgIpc) is 2.95. The summed E-state index contributed by atoms with van der Waals surface area (Å²) in [7, 11) is 0. The number of benzene rings is 2. The van der Waals surface area contributed by atoms with Crippen molar-refractivity contribution < 1.29 is 0 Å². The van der Waals surface area contributed by atoms with Crippen LogP contribution in [0.4, 0.5) is 0 Å². The van der Waals surface area contributed by atoms with Crippen molar-refractivity contribution in [3.63, 3.8) is 0 Å². The van der Waals surface area contributed by atoms with E-state index >= 15 is 0 Å². The first-order valence-corrected chi connectivity index (χ1v) is 6.74. The molecule has 2 aromatic heterocycles. The molecule has 96 valence electrons. The third kappa shape index (κ3) is 1.62. The largest absolute Gasteiger partial charge is 0.361 e. The van der Waals surface area contributed by atoms with Crippen LogP contribution in [0, 0.1) is 6.92 Å². The zero-order valence-corrected chi connectivity index (χ0v) is 11.2. The minimum atomic E-state index is 1.18. The van der Waals surface area contributed by atoms with Gasteiger partial charge in [0.1, 0.15) is 0 Å². The average molecular weight is 258 g/mol. The van der Waals surface area contributed by atoms with Crippen LogP contribution in [-0.4, -0.2) is 9.97 Å². The predicted octanol–water partition coefficient (Wildman–Crippen LogP) is 4.69. The van der Waals surface area contributed by atoms with Crippen LogP contribution in [0.15, 0.2) is 61.1 Å². The Hall–Kier alpha value is -2.61.